The number of benzene rings is 1. The lowest BCUT2D eigenvalue weighted by atomic mass is 9.97. The summed E-state index contributed by atoms with van der Waals surface area (Å²) in [4.78, 5) is 48.9. The fourth-order valence-electron chi connectivity index (χ4n) is 4.17. The van der Waals surface area contributed by atoms with Crippen molar-refractivity contribution in [3.05, 3.63) is 34.9 Å². The van der Waals surface area contributed by atoms with Gasteiger partial charge in [-0.1, -0.05) is 18.3 Å². The summed E-state index contributed by atoms with van der Waals surface area (Å²) in [5, 5.41) is 6.39. The van der Waals surface area contributed by atoms with Gasteiger partial charge < -0.3 is 25.0 Å². The largest absolute Gasteiger partial charge is 0.454 e. The molecule has 1 atom stereocenters. The van der Waals surface area contributed by atoms with E-state index in [0.29, 0.717) is 45.8 Å². The zero-order valence-electron chi connectivity index (χ0n) is 19.3. The smallest absolute Gasteiger partial charge is 0.273 e. The van der Waals surface area contributed by atoms with Crippen LogP contribution in [0.2, 0.25) is 0 Å². The van der Waals surface area contributed by atoms with E-state index in [-0.39, 0.29) is 36.6 Å². The van der Waals surface area contributed by atoms with E-state index in [1.54, 1.807) is 18.2 Å². The Morgan fingerprint density at radius 3 is 2.97 bits per heavy atom. The van der Waals surface area contributed by atoms with E-state index in [0.717, 1.165) is 25.8 Å². The third-order valence-corrected chi connectivity index (χ3v) is 7.05. The van der Waals surface area contributed by atoms with Gasteiger partial charge in [-0.2, -0.15) is 4.98 Å². The zero-order chi connectivity index (χ0) is 24.4. The van der Waals surface area contributed by atoms with Crippen molar-refractivity contribution < 1.29 is 19.1 Å². The summed E-state index contributed by atoms with van der Waals surface area (Å²) in [5.41, 5.74) is 0.567. The molecule has 3 aromatic rings. The topological polar surface area (TPSA) is 128 Å². The minimum atomic E-state index is -0.367. The van der Waals surface area contributed by atoms with Gasteiger partial charge >= 0.3 is 0 Å². The molecule has 0 saturated carbocycles. The molecular weight excluding hydrogens is 472 g/mol. The van der Waals surface area contributed by atoms with Gasteiger partial charge in [0.15, 0.2) is 22.3 Å². The lowest BCUT2D eigenvalue weighted by molar-refractivity contribution is -0.125. The molecule has 2 N–H and O–H groups in total. The summed E-state index contributed by atoms with van der Waals surface area (Å²) in [7, 11) is 0. The molecule has 0 spiro atoms. The van der Waals surface area contributed by atoms with Crippen molar-refractivity contribution in [3.63, 3.8) is 0 Å². The molecule has 4 heterocycles. The Kier molecular flexibility index (Phi) is 6.53. The van der Waals surface area contributed by atoms with Gasteiger partial charge in [0.2, 0.25) is 18.6 Å². The molecule has 2 aliphatic rings. The first-order valence-corrected chi connectivity index (χ1v) is 12.4. The van der Waals surface area contributed by atoms with Gasteiger partial charge in [-0.25, -0.2) is 4.98 Å². The van der Waals surface area contributed by atoms with Crippen molar-refractivity contribution >= 4 is 44.3 Å². The van der Waals surface area contributed by atoms with E-state index < -0.39 is 0 Å². The molecule has 184 valence electrons. The zero-order valence-corrected chi connectivity index (χ0v) is 20.1. The summed E-state index contributed by atoms with van der Waals surface area (Å²) in [6.45, 7) is 3.98. The van der Waals surface area contributed by atoms with E-state index in [1.807, 2.05) is 11.8 Å². The van der Waals surface area contributed by atoms with Crippen LogP contribution >= 0.6 is 11.3 Å². The Morgan fingerprint density at radius 1 is 1.26 bits per heavy atom. The van der Waals surface area contributed by atoms with Crippen LogP contribution in [0.25, 0.3) is 10.3 Å². The summed E-state index contributed by atoms with van der Waals surface area (Å²) in [6.07, 6.45) is 3.94. The highest BCUT2D eigenvalue weighted by Gasteiger charge is 2.28. The number of rotatable bonds is 7. The molecule has 11 nitrogen and oxygen atoms in total. The first-order valence-electron chi connectivity index (χ1n) is 11.6. The maximum Gasteiger partial charge on any atom is 0.273 e. The number of fused-ring (bicyclic) bond motifs is 2. The number of ether oxygens (including phenoxy) is 2. The number of hydrogen-bond acceptors (Lipinski definition) is 9. The van der Waals surface area contributed by atoms with Gasteiger partial charge in [-0.15, -0.1) is 0 Å². The van der Waals surface area contributed by atoms with Crippen LogP contribution in [0.3, 0.4) is 0 Å². The van der Waals surface area contributed by atoms with Gasteiger partial charge in [0.05, 0.1) is 5.92 Å². The summed E-state index contributed by atoms with van der Waals surface area (Å²) < 4.78 is 12.3. The molecule has 1 saturated heterocycles. The molecule has 0 radical (unpaired) electrons. The maximum absolute atomic E-state index is 13.1. The maximum atomic E-state index is 13.1. The third kappa shape index (κ3) is 4.92. The lowest BCUT2D eigenvalue weighted by Crippen LogP contribution is -2.43. The van der Waals surface area contributed by atoms with Crippen molar-refractivity contribution in [3.8, 4) is 11.5 Å². The molecule has 2 amide bonds. The molecule has 35 heavy (non-hydrogen) atoms. The summed E-state index contributed by atoms with van der Waals surface area (Å²) in [5.74, 6) is 0.770. The number of piperidine rings is 1. The Morgan fingerprint density at radius 2 is 2.11 bits per heavy atom. The van der Waals surface area contributed by atoms with Crippen molar-refractivity contribution in [1.82, 2.24) is 19.9 Å². The second-order valence-electron chi connectivity index (χ2n) is 8.52. The number of amides is 2. The number of nitrogens with one attached hydrogen (secondary N) is 2. The molecular formula is C23H26N6O5S. The molecule has 0 aliphatic carbocycles. The fourth-order valence-corrected chi connectivity index (χ4v) is 5.17. The minimum absolute atomic E-state index is 0.0617. The summed E-state index contributed by atoms with van der Waals surface area (Å²) >= 11 is 1.25. The average molecular weight is 499 g/mol. The van der Waals surface area contributed by atoms with E-state index in [1.165, 1.54) is 22.2 Å². The Hall–Kier alpha value is -3.67. The molecule has 1 unspecified atom stereocenters. The molecule has 2 aliphatic heterocycles. The van der Waals surface area contributed by atoms with Crippen LogP contribution in [-0.4, -0.2) is 52.8 Å². The van der Waals surface area contributed by atoms with Crippen molar-refractivity contribution in [1.29, 1.82) is 0 Å². The van der Waals surface area contributed by atoms with Crippen molar-refractivity contribution in [2.24, 2.45) is 5.92 Å². The molecule has 1 fully saturated rings. The highest BCUT2D eigenvalue weighted by atomic mass is 32.1. The molecule has 0 bridgehead atoms. The number of carbonyl (C=O) groups is 2. The number of hydrogen-bond donors (Lipinski definition) is 2. The van der Waals surface area contributed by atoms with Gasteiger partial charge in [0.1, 0.15) is 17.6 Å². The van der Waals surface area contributed by atoms with Crippen molar-refractivity contribution in [2.45, 2.75) is 32.7 Å². The number of nitrogens with zero attached hydrogens (tertiary/aromatic N) is 4. The van der Waals surface area contributed by atoms with Crippen molar-refractivity contribution in [2.75, 3.05) is 36.6 Å². The van der Waals surface area contributed by atoms with Crippen LogP contribution in [0.1, 0.15) is 26.2 Å². The average Bonchev–Trinajstić information content (AvgIpc) is 3.51. The van der Waals surface area contributed by atoms with E-state index in [4.69, 9.17) is 9.47 Å². The normalized spacial score (nSPS) is 16.9. The molecule has 12 heteroatoms. The number of aromatic nitrogens is 3. The highest BCUT2D eigenvalue weighted by Crippen LogP contribution is 2.34. The monoisotopic (exact) mass is 498 g/mol. The van der Waals surface area contributed by atoms with E-state index in [2.05, 4.69) is 20.6 Å². The van der Waals surface area contributed by atoms with Crippen LogP contribution < -0.4 is 30.6 Å². The Bertz CT molecular complexity index is 1320. The van der Waals surface area contributed by atoms with Crippen LogP contribution in [0, 0.1) is 5.92 Å². The van der Waals surface area contributed by atoms with Crippen LogP contribution in [0.15, 0.2) is 29.3 Å². The van der Waals surface area contributed by atoms with Crippen LogP contribution in [0.4, 0.5) is 10.8 Å². The quantitative estimate of drug-likeness (QED) is 0.506. The third-order valence-electron chi connectivity index (χ3n) is 5.95. The summed E-state index contributed by atoms with van der Waals surface area (Å²) in [6, 6.07) is 5.10. The number of carbonyl (C=O) groups excluding carboxylic acids is 2. The second-order valence-corrected chi connectivity index (χ2v) is 9.50. The van der Waals surface area contributed by atoms with Gasteiger partial charge in [0, 0.05) is 31.4 Å². The number of thiazole rings is 1. The van der Waals surface area contributed by atoms with Crippen LogP contribution in [-0.2, 0) is 16.1 Å². The predicted molar refractivity (Wildman–Crippen MR) is 131 cm³/mol. The Labute approximate surface area is 205 Å². The lowest BCUT2D eigenvalue weighted by Gasteiger charge is -2.31. The van der Waals surface area contributed by atoms with Gasteiger partial charge in [0.25, 0.3) is 5.56 Å². The first kappa shape index (κ1) is 23.1. The number of anilines is 2. The van der Waals surface area contributed by atoms with E-state index in [9.17, 15) is 14.4 Å². The van der Waals surface area contributed by atoms with Gasteiger partial charge in [-0.3, -0.25) is 19.0 Å². The highest BCUT2D eigenvalue weighted by molar-refractivity contribution is 7.22. The first-order chi connectivity index (χ1) is 17.0. The Balaban J connectivity index is 1.28. The predicted octanol–water partition coefficient (Wildman–Crippen LogP) is 1.96. The standard InChI is InChI=1S/C23H26N6O5S/c1-2-7-24-21(31)14-4-3-8-28(10-14)23-27-20-19(35-23)22(32)29(12-25-20)11-18(30)26-15-5-6-16-17(9-15)34-13-33-16/h5-6,9,12,14H,2-4,7-8,10-11,13H2,1H3,(H,24,31)(H,26,30). The van der Waals surface area contributed by atoms with Crippen LogP contribution in [0.5, 0.6) is 11.5 Å². The van der Waals surface area contributed by atoms with Gasteiger partial charge in [-0.05, 0) is 31.4 Å². The SMILES string of the molecule is CCCNC(=O)C1CCCN(c2nc3ncn(CC(=O)Nc4ccc5c(c4)OCO5)c(=O)c3s2)C1. The molecule has 1 aromatic carbocycles. The minimum Gasteiger partial charge on any atom is -0.454 e. The second kappa shape index (κ2) is 9.90. The molecule has 5 rings (SSSR count). The molecule has 2 aromatic heterocycles. The van der Waals surface area contributed by atoms with E-state index >= 15 is 0 Å². The fraction of sp³-hybridized carbons (Fsp3) is 0.435.